The van der Waals surface area contributed by atoms with Crippen LogP contribution in [0.3, 0.4) is 0 Å². The highest BCUT2D eigenvalue weighted by Crippen LogP contribution is 2.10. The van der Waals surface area contributed by atoms with Gasteiger partial charge >= 0.3 is 0 Å². The molecule has 0 unspecified atom stereocenters. The normalized spacial score (nSPS) is 11.3. The third-order valence-electron chi connectivity index (χ3n) is 3.36. The van der Waals surface area contributed by atoms with Gasteiger partial charge in [-0.25, -0.2) is 10.4 Å². The van der Waals surface area contributed by atoms with E-state index in [-0.39, 0.29) is 5.91 Å². The summed E-state index contributed by atoms with van der Waals surface area (Å²) in [4.78, 5) is 19.8. The second-order valence-electron chi connectivity index (χ2n) is 4.89. The van der Waals surface area contributed by atoms with Gasteiger partial charge in [0, 0.05) is 36.0 Å². The molecule has 114 valence electrons. The van der Waals surface area contributed by atoms with Gasteiger partial charge in [0.05, 0.1) is 12.0 Å². The first-order chi connectivity index (χ1) is 11.2. The van der Waals surface area contributed by atoms with Crippen LogP contribution < -0.4 is 5.43 Å². The molecule has 1 amide bonds. The molecule has 3 aromatic rings. The van der Waals surface area contributed by atoms with Gasteiger partial charge in [-0.2, -0.15) is 5.10 Å². The molecule has 23 heavy (non-hydrogen) atoms. The molecule has 0 bridgehead atoms. The molecule has 0 saturated carbocycles. The quantitative estimate of drug-likeness (QED) is 0.594. The molecule has 3 rings (SSSR count). The summed E-state index contributed by atoms with van der Waals surface area (Å²) >= 11 is 0. The predicted octanol–water partition coefficient (Wildman–Crippen LogP) is 2.42. The Kier molecular flexibility index (Phi) is 4.24. The molecule has 6 heteroatoms. The smallest absolute Gasteiger partial charge is 0.271 e. The van der Waals surface area contributed by atoms with Crippen molar-refractivity contribution >= 4 is 11.6 Å². The number of nitrogens with zero attached hydrogens (tertiary/aromatic N) is 4. The van der Waals surface area contributed by atoms with Crippen molar-refractivity contribution < 1.29 is 4.79 Å². The van der Waals surface area contributed by atoms with Gasteiger partial charge in [-0.3, -0.25) is 9.78 Å². The van der Waals surface area contributed by atoms with Crippen molar-refractivity contribution in [1.29, 1.82) is 0 Å². The minimum atomic E-state index is -0.262. The summed E-state index contributed by atoms with van der Waals surface area (Å²) in [6.07, 6.45) is 8.49. The van der Waals surface area contributed by atoms with Gasteiger partial charge in [0.2, 0.25) is 0 Å². The summed E-state index contributed by atoms with van der Waals surface area (Å²) in [5.41, 5.74) is 5.74. The molecule has 2 aromatic heterocycles. The fraction of sp³-hybridized carbons (Fsp3) is 0.0588. The average molecular weight is 305 g/mol. The van der Waals surface area contributed by atoms with Crippen molar-refractivity contribution in [2.75, 3.05) is 0 Å². The van der Waals surface area contributed by atoms with Gasteiger partial charge in [0.15, 0.2) is 0 Å². The molecule has 2 heterocycles. The van der Waals surface area contributed by atoms with Gasteiger partial charge < -0.3 is 4.57 Å². The molecule has 1 aromatic carbocycles. The summed E-state index contributed by atoms with van der Waals surface area (Å²) in [5.74, 6) is -0.262. The molecule has 0 aliphatic carbocycles. The first-order valence-electron chi connectivity index (χ1n) is 7.07. The maximum Gasteiger partial charge on any atom is 0.271 e. The lowest BCUT2D eigenvalue weighted by Gasteiger charge is -2.05. The van der Waals surface area contributed by atoms with Crippen molar-refractivity contribution in [3.05, 3.63) is 78.6 Å². The van der Waals surface area contributed by atoms with E-state index in [1.165, 1.54) is 0 Å². The van der Waals surface area contributed by atoms with E-state index in [9.17, 15) is 4.79 Å². The van der Waals surface area contributed by atoms with E-state index < -0.39 is 0 Å². The topological polar surface area (TPSA) is 72.2 Å². The number of imidazole rings is 1. The highest BCUT2D eigenvalue weighted by molar-refractivity contribution is 6.00. The van der Waals surface area contributed by atoms with Gasteiger partial charge in [0.1, 0.15) is 0 Å². The van der Waals surface area contributed by atoms with Crippen LogP contribution in [0.5, 0.6) is 0 Å². The van der Waals surface area contributed by atoms with Crippen LogP contribution in [0.2, 0.25) is 0 Å². The van der Waals surface area contributed by atoms with Crippen LogP contribution in [-0.4, -0.2) is 26.2 Å². The van der Waals surface area contributed by atoms with Crippen LogP contribution in [0, 0.1) is 0 Å². The van der Waals surface area contributed by atoms with E-state index in [1.807, 2.05) is 42.0 Å². The number of nitrogens with one attached hydrogen (secondary N) is 1. The second kappa shape index (κ2) is 6.65. The molecule has 0 atom stereocenters. The number of pyridine rings is 1. The van der Waals surface area contributed by atoms with E-state index in [0.29, 0.717) is 5.56 Å². The van der Waals surface area contributed by atoms with Crippen LogP contribution in [0.25, 0.3) is 5.69 Å². The number of hydrogen-bond acceptors (Lipinski definition) is 4. The first kappa shape index (κ1) is 14.6. The van der Waals surface area contributed by atoms with Gasteiger partial charge in [-0.1, -0.05) is 12.1 Å². The van der Waals surface area contributed by atoms with Crippen LogP contribution >= 0.6 is 0 Å². The fourth-order valence-corrected chi connectivity index (χ4v) is 2.05. The third kappa shape index (κ3) is 3.49. The largest absolute Gasteiger partial charge is 0.306 e. The average Bonchev–Trinajstić information content (AvgIpc) is 3.15. The number of hydrazone groups is 1. The number of carbonyl (C=O) groups is 1. The molecule has 6 nitrogen and oxygen atoms in total. The monoisotopic (exact) mass is 305 g/mol. The van der Waals surface area contributed by atoms with Crippen molar-refractivity contribution in [2.24, 2.45) is 5.10 Å². The lowest BCUT2D eigenvalue weighted by atomic mass is 10.1. The minimum absolute atomic E-state index is 0.262. The van der Waals surface area contributed by atoms with Crippen LogP contribution in [0.1, 0.15) is 22.8 Å². The highest BCUT2D eigenvalue weighted by atomic mass is 16.2. The van der Waals surface area contributed by atoms with Gasteiger partial charge in [-0.05, 0) is 36.8 Å². The zero-order chi connectivity index (χ0) is 16.1. The maximum absolute atomic E-state index is 11.9. The van der Waals surface area contributed by atoms with E-state index >= 15 is 0 Å². The van der Waals surface area contributed by atoms with Crippen molar-refractivity contribution in [2.45, 2.75) is 6.92 Å². The van der Waals surface area contributed by atoms with Crippen LogP contribution in [0.15, 0.2) is 72.6 Å². The fourth-order valence-electron chi connectivity index (χ4n) is 2.05. The molecule has 0 aliphatic heterocycles. The summed E-state index contributed by atoms with van der Waals surface area (Å²) in [6, 6.07) is 11.1. The highest BCUT2D eigenvalue weighted by Gasteiger charge is 2.04. The van der Waals surface area contributed by atoms with Gasteiger partial charge in [-0.15, -0.1) is 0 Å². The third-order valence-corrected chi connectivity index (χ3v) is 3.36. The molecular weight excluding hydrogens is 290 g/mol. The van der Waals surface area contributed by atoms with Crippen LogP contribution in [0.4, 0.5) is 0 Å². The number of hydrogen-bond donors (Lipinski definition) is 1. The number of amides is 1. The lowest BCUT2D eigenvalue weighted by Crippen LogP contribution is -2.19. The Labute approximate surface area is 133 Å². The summed E-state index contributed by atoms with van der Waals surface area (Å²) < 4.78 is 1.92. The standard InChI is InChI=1S/C17H15N5O/c1-13(20-21-17(23)15-6-8-18-9-7-15)14-2-4-16(5-3-14)22-11-10-19-12-22/h2-12H,1H3,(H,21,23)/b20-13+. The van der Waals surface area contributed by atoms with E-state index in [1.54, 1.807) is 37.1 Å². The van der Waals surface area contributed by atoms with E-state index in [0.717, 1.165) is 17.0 Å². The maximum atomic E-state index is 11.9. The molecular formula is C17H15N5O. The Morgan fingerprint density at radius 1 is 1.00 bits per heavy atom. The molecule has 0 radical (unpaired) electrons. The summed E-state index contributed by atoms with van der Waals surface area (Å²) in [5, 5.41) is 4.14. The second-order valence-corrected chi connectivity index (χ2v) is 4.89. The van der Waals surface area contributed by atoms with Crippen LogP contribution in [-0.2, 0) is 0 Å². The van der Waals surface area contributed by atoms with Gasteiger partial charge in [0.25, 0.3) is 5.91 Å². The van der Waals surface area contributed by atoms with E-state index in [4.69, 9.17) is 0 Å². The van der Waals surface area contributed by atoms with Crippen molar-refractivity contribution in [3.63, 3.8) is 0 Å². The molecule has 1 N–H and O–H groups in total. The van der Waals surface area contributed by atoms with Crippen molar-refractivity contribution in [1.82, 2.24) is 20.0 Å². The zero-order valence-corrected chi connectivity index (χ0v) is 12.5. The summed E-state index contributed by atoms with van der Waals surface area (Å²) in [6.45, 7) is 1.85. The Morgan fingerprint density at radius 2 is 1.74 bits per heavy atom. The Morgan fingerprint density at radius 3 is 2.39 bits per heavy atom. The summed E-state index contributed by atoms with van der Waals surface area (Å²) in [7, 11) is 0. The number of aromatic nitrogens is 3. The Bertz CT molecular complexity index is 808. The SMILES string of the molecule is C/C(=N\NC(=O)c1ccncc1)c1ccc(-n2ccnc2)cc1. The number of benzene rings is 1. The van der Waals surface area contributed by atoms with E-state index in [2.05, 4.69) is 20.5 Å². The Hall–Kier alpha value is -3.28. The molecule has 0 fully saturated rings. The Balaban J connectivity index is 1.70. The first-order valence-corrected chi connectivity index (χ1v) is 7.07. The van der Waals surface area contributed by atoms with Crippen molar-refractivity contribution in [3.8, 4) is 5.69 Å². The predicted molar refractivity (Wildman–Crippen MR) is 87.5 cm³/mol. The molecule has 0 spiro atoms. The number of rotatable bonds is 4. The molecule has 0 aliphatic rings. The molecule has 0 saturated heterocycles. The minimum Gasteiger partial charge on any atom is -0.306 e. The zero-order valence-electron chi connectivity index (χ0n) is 12.5. The lowest BCUT2D eigenvalue weighted by molar-refractivity contribution is 0.0954. The number of carbonyl (C=O) groups excluding carboxylic acids is 1.